The average Bonchev–Trinajstić information content (AvgIpc) is 2.82. The highest BCUT2D eigenvalue weighted by Gasteiger charge is 2.30. The summed E-state index contributed by atoms with van der Waals surface area (Å²) >= 11 is 0. The molecule has 1 fully saturated rings. The largest absolute Gasteiger partial charge is 0.338 e. The first-order valence-electron chi connectivity index (χ1n) is 6.54. The minimum Gasteiger partial charge on any atom is -0.338 e. The van der Waals surface area contributed by atoms with Crippen LogP contribution < -0.4 is 0 Å². The molecule has 0 radical (unpaired) electrons. The Kier molecular flexibility index (Phi) is 3.27. The van der Waals surface area contributed by atoms with Gasteiger partial charge in [0.25, 0.3) is 0 Å². The highest BCUT2D eigenvalue weighted by molar-refractivity contribution is 5.79. The fourth-order valence-electron chi connectivity index (χ4n) is 2.58. The summed E-state index contributed by atoms with van der Waals surface area (Å²) in [6.07, 6.45) is 4.16. The second-order valence-corrected chi connectivity index (χ2v) is 4.94. The molecule has 2 heterocycles. The third-order valence-corrected chi connectivity index (χ3v) is 3.61. The van der Waals surface area contributed by atoms with Crippen LogP contribution in [0.25, 0.3) is 0 Å². The Balaban J connectivity index is 1.71. The van der Waals surface area contributed by atoms with Crippen LogP contribution in [0.4, 0.5) is 0 Å². The van der Waals surface area contributed by atoms with Gasteiger partial charge in [-0.05, 0) is 23.3 Å². The molecule has 3 nitrogen and oxygen atoms in total. The Morgan fingerprint density at radius 3 is 2.58 bits per heavy atom. The lowest BCUT2D eigenvalue weighted by atomic mass is 9.99. The van der Waals surface area contributed by atoms with E-state index in [1.165, 1.54) is 5.56 Å². The summed E-state index contributed by atoms with van der Waals surface area (Å²) in [5, 5.41) is 0. The van der Waals surface area contributed by atoms with Crippen molar-refractivity contribution in [1.82, 2.24) is 9.88 Å². The normalized spacial score (nSPS) is 18.8. The van der Waals surface area contributed by atoms with E-state index < -0.39 is 0 Å². The third kappa shape index (κ3) is 2.65. The van der Waals surface area contributed by atoms with Crippen LogP contribution in [-0.4, -0.2) is 22.3 Å². The van der Waals surface area contributed by atoms with Gasteiger partial charge in [-0.15, -0.1) is 0 Å². The summed E-state index contributed by atoms with van der Waals surface area (Å²) in [6, 6.07) is 14.2. The monoisotopic (exact) mass is 252 g/mol. The highest BCUT2D eigenvalue weighted by Crippen LogP contribution is 2.28. The van der Waals surface area contributed by atoms with Crippen molar-refractivity contribution in [3.63, 3.8) is 0 Å². The SMILES string of the molecule is O=C1CC(c2ccccc2)CN1Cc1ccncc1. The molecule has 1 aromatic carbocycles. The number of rotatable bonds is 3. The molecule has 0 N–H and O–H groups in total. The van der Waals surface area contributed by atoms with Gasteiger partial charge in [0.2, 0.25) is 5.91 Å². The van der Waals surface area contributed by atoms with Crippen LogP contribution in [0.1, 0.15) is 23.5 Å². The predicted molar refractivity (Wildman–Crippen MR) is 73.5 cm³/mol. The van der Waals surface area contributed by atoms with Crippen molar-refractivity contribution in [2.75, 3.05) is 6.54 Å². The lowest BCUT2D eigenvalue weighted by molar-refractivity contribution is -0.128. The maximum absolute atomic E-state index is 12.1. The number of hydrogen-bond donors (Lipinski definition) is 0. The number of hydrogen-bond acceptors (Lipinski definition) is 2. The number of benzene rings is 1. The van der Waals surface area contributed by atoms with Crippen molar-refractivity contribution in [3.05, 3.63) is 66.0 Å². The van der Waals surface area contributed by atoms with Gasteiger partial charge in [0.1, 0.15) is 0 Å². The highest BCUT2D eigenvalue weighted by atomic mass is 16.2. The lowest BCUT2D eigenvalue weighted by Crippen LogP contribution is -2.24. The van der Waals surface area contributed by atoms with Crippen LogP contribution in [0.5, 0.6) is 0 Å². The molecule has 0 bridgehead atoms. The lowest BCUT2D eigenvalue weighted by Gasteiger charge is -2.16. The molecular weight excluding hydrogens is 236 g/mol. The Morgan fingerprint density at radius 2 is 1.84 bits per heavy atom. The summed E-state index contributed by atoms with van der Waals surface area (Å²) < 4.78 is 0. The van der Waals surface area contributed by atoms with Crippen molar-refractivity contribution in [3.8, 4) is 0 Å². The van der Waals surface area contributed by atoms with Crippen molar-refractivity contribution in [1.29, 1.82) is 0 Å². The zero-order valence-corrected chi connectivity index (χ0v) is 10.7. The standard InChI is InChI=1S/C16H16N2O/c19-16-10-15(14-4-2-1-3-5-14)12-18(16)11-13-6-8-17-9-7-13/h1-9,15H,10-12H2. The van der Waals surface area contributed by atoms with Crippen LogP contribution in [0.3, 0.4) is 0 Å². The van der Waals surface area contributed by atoms with Gasteiger partial charge in [-0.3, -0.25) is 9.78 Å². The average molecular weight is 252 g/mol. The molecule has 96 valence electrons. The summed E-state index contributed by atoms with van der Waals surface area (Å²) in [4.78, 5) is 18.0. The molecule has 0 aliphatic carbocycles. The van der Waals surface area contributed by atoms with Crippen LogP contribution >= 0.6 is 0 Å². The molecule has 1 aliphatic heterocycles. The number of aromatic nitrogens is 1. The number of nitrogens with zero attached hydrogens (tertiary/aromatic N) is 2. The fourth-order valence-corrected chi connectivity index (χ4v) is 2.58. The van der Waals surface area contributed by atoms with Crippen molar-refractivity contribution in [2.24, 2.45) is 0 Å². The zero-order chi connectivity index (χ0) is 13.1. The molecule has 3 rings (SSSR count). The molecule has 2 aromatic rings. The maximum Gasteiger partial charge on any atom is 0.223 e. The number of carbonyl (C=O) groups excluding carboxylic acids is 1. The molecule has 3 heteroatoms. The van der Waals surface area contributed by atoms with Gasteiger partial charge in [-0.25, -0.2) is 0 Å². The third-order valence-electron chi connectivity index (χ3n) is 3.61. The first kappa shape index (κ1) is 11.9. The number of carbonyl (C=O) groups is 1. The quantitative estimate of drug-likeness (QED) is 0.841. The Morgan fingerprint density at radius 1 is 1.11 bits per heavy atom. The van der Waals surface area contributed by atoms with Gasteiger partial charge in [0.05, 0.1) is 0 Å². The molecule has 1 amide bonds. The van der Waals surface area contributed by atoms with E-state index >= 15 is 0 Å². The number of likely N-dealkylation sites (tertiary alicyclic amines) is 1. The van der Waals surface area contributed by atoms with Gasteiger partial charge in [0, 0.05) is 37.8 Å². The van der Waals surface area contributed by atoms with Crippen molar-refractivity contribution in [2.45, 2.75) is 18.9 Å². The smallest absolute Gasteiger partial charge is 0.223 e. The first-order valence-corrected chi connectivity index (χ1v) is 6.54. The fraction of sp³-hybridized carbons (Fsp3) is 0.250. The van der Waals surface area contributed by atoms with Gasteiger partial charge in [-0.1, -0.05) is 30.3 Å². The van der Waals surface area contributed by atoms with E-state index in [1.807, 2.05) is 35.2 Å². The second kappa shape index (κ2) is 5.22. The summed E-state index contributed by atoms with van der Waals surface area (Å²) in [7, 11) is 0. The zero-order valence-electron chi connectivity index (χ0n) is 10.7. The number of pyridine rings is 1. The van der Waals surface area contributed by atoms with Gasteiger partial charge in [-0.2, -0.15) is 0 Å². The van der Waals surface area contributed by atoms with E-state index in [0.29, 0.717) is 18.9 Å². The van der Waals surface area contributed by atoms with E-state index in [1.54, 1.807) is 12.4 Å². The van der Waals surface area contributed by atoms with Gasteiger partial charge >= 0.3 is 0 Å². The van der Waals surface area contributed by atoms with E-state index in [9.17, 15) is 4.79 Å². The predicted octanol–water partition coefficient (Wildman–Crippen LogP) is 2.60. The van der Waals surface area contributed by atoms with E-state index in [4.69, 9.17) is 0 Å². The Labute approximate surface area is 112 Å². The molecule has 1 saturated heterocycles. The van der Waals surface area contributed by atoms with E-state index in [0.717, 1.165) is 12.1 Å². The molecule has 0 spiro atoms. The van der Waals surface area contributed by atoms with Gasteiger partial charge < -0.3 is 4.90 Å². The Hall–Kier alpha value is -2.16. The van der Waals surface area contributed by atoms with Crippen LogP contribution in [0.15, 0.2) is 54.9 Å². The van der Waals surface area contributed by atoms with Gasteiger partial charge in [0.15, 0.2) is 0 Å². The minimum absolute atomic E-state index is 0.241. The van der Waals surface area contributed by atoms with Crippen molar-refractivity contribution >= 4 is 5.91 Å². The summed E-state index contributed by atoms with van der Waals surface area (Å²) in [5.41, 5.74) is 2.39. The van der Waals surface area contributed by atoms with Crippen LogP contribution in [0, 0.1) is 0 Å². The van der Waals surface area contributed by atoms with Crippen LogP contribution in [0.2, 0.25) is 0 Å². The molecule has 19 heavy (non-hydrogen) atoms. The maximum atomic E-state index is 12.1. The number of amides is 1. The Bertz CT molecular complexity index is 553. The van der Waals surface area contributed by atoms with Crippen LogP contribution in [-0.2, 0) is 11.3 Å². The van der Waals surface area contributed by atoms with Crippen molar-refractivity contribution < 1.29 is 4.79 Å². The molecule has 0 saturated carbocycles. The molecule has 1 atom stereocenters. The topological polar surface area (TPSA) is 33.2 Å². The second-order valence-electron chi connectivity index (χ2n) is 4.94. The van der Waals surface area contributed by atoms with E-state index in [2.05, 4.69) is 17.1 Å². The van der Waals surface area contributed by atoms with E-state index in [-0.39, 0.29) is 5.91 Å². The first-order chi connectivity index (χ1) is 9.33. The summed E-state index contributed by atoms with van der Waals surface area (Å²) in [6.45, 7) is 1.50. The molecular formula is C16H16N2O. The molecule has 1 unspecified atom stereocenters. The molecule has 1 aromatic heterocycles. The molecule has 1 aliphatic rings. The summed E-state index contributed by atoms with van der Waals surface area (Å²) in [5.74, 6) is 0.571. The minimum atomic E-state index is 0.241.